The summed E-state index contributed by atoms with van der Waals surface area (Å²) in [5.74, 6) is -0.879. The Morgan fingerprint density at radius 2 is 2.31 bits per heavy atom. The Hall–Kier alpha value is -1.65. The van der Waals surface area contributed by atoms with Gasteiger partial charge in [-0.1, -0.05) is 0 Å². The van der Waals surface area contributed by atoms with Crippen LogP contribution in [0.4, 0.5) is 4.39 Å². The fourth-order valence-electron chi connectivity index (χ4n) is 0.859. The molecule has 1 aromatic heterocycles. The quantitative estimate of drug-likeness (QED) is 0.688. The van der Waals surface area contributed by atoms with E-state index in [1.165, 1.54) is 7.05 Å². The topological polar surface area (TPSA) is 51.1 Å². The molecule has 1 heterocycles. The van der Waals surface area contributed by atoms with Crippen LogP contribution in [0.25, 0.3) is 0 Å². The number of pyridine rings is 1. The molecular weight excluding hydrogens is 175 g/mol. The molecule has 0 aromatic carbocycles. The van der Waals surface area contributed by atoms with Gasteiger partial charge in [0.15, 0.2) is 0 Å². The van der Waals surface area contributed by atoms with Crippen molar-refractivity contribution < 1.29 is 9.18 Å². The summed E-state index contributed by atoms with van der Waals surface area (Å²) in [7, 11) is 1.45. The van der Waals surface area contributed by atoms with Gasteiger partial charge in [-0.3, -0.25) is 9.59 Å². The van der Waals surface area contributed by atoms with E-state index in [1.54, 1.807) is 0 Å². The molecule has 0 radical (unpaired) electrons. The molecule has 1 N–H and O–H groups in total. The Kier molecular flexibility index (Phi) is 2.79. The van der Waals surface area contributed by atoms with E-state index >= 15 is 0 Å². The first-order valence-corrected chi connectivity index (χ1v) is 3.70. The number of nitrogens with one attached hydrogen (secondary N) is 1. The summed E-state index contributed by atoms with van der Waals surface area (Å²) in [6, 6.07) is 2.14. The maximum Gasteiger partial charge on any atom is 0.251 e. The normalized spacial score (nSPS) is 9.69. The Labute approximate surface area is 74.0 Å². The molecule has 70 valence electrons. The van der Waals surface area contributed by atoms with Crippen molar-refractivity contribution in [1.82, 2.24) is 9.88 Å². The molecule has 0 unspecified atom stereocenters. The molecule has 0 aliphatic rings. The van der Waals surface area contributed by atoms with Crippen LogP contribution in [0.2, 0.25) is 0 Å². The Morgan fingerprint density at radius 3 is 2.92 bits per heavy atom. The third-order valence-corrected chi connectivity index (χ3v) is 1.54. The molecule has 1 amide bonds. The van der Waals surface area contributed by atoms with Crippen molar-refractivity contribution in [3.63, 3.8) is 0 Å². The second kappa shape index (κ2) is 3.84. The maximum absolute atomic E-state index is 12.6. The van der Waals surface area contributed by atoms with Crippen LogP contribution < -0.4 is 10.9 Å². The first-order valence-electron chi connectivity index (χ1n) is 3.70. The lowest BCUT2D eigenvalue weighted by Crippen LogP contribution is -2.29. The molecule has 4 nitrogen and oxygen atoms in total. The molecule has 0 saturated carbocycles. The molecule has 0 fully saturated rings. The number of hydrogen-bond acceptors (Lipinski definition) is 2. The van der Waals surface area contributed by atoms with Crippen molar-refractivity contribution in [2.45, 2.75) is 6.54 Å². The van der Waals surface area contributed by atoms with Crippen LogP contribution in [0, 0.1) is 5.82 Å². The van der Waals surface area contributed by atoms with Crippen LogP contribution in [0.15, 0.2) is 23.1 Å². The fourth-order valence-corrected chi connectivity index (χ4v) is 0.859. The zero-order valence-corrected chi connectivity index (χ0v) is 7.08. The van der Waals surface area contributed by atoms with Crippen molar-refractivity contribution in [1.29, 1.82) is 0 Å². The summed E-state index contributed by atoms with van der Waals surface area (Å²) in [5, 5.41) is 2.34. The van der Waals surface area contributed by atoms with Crippen molar-refractivity contribution >= 4 is 5.91 Å². The number of amides is 1. The summed E-state index contributed by atoms with van der Waals surface area (Å²) in [6.45, 7) is -0.160. The van der Waals surface area contributed by atoms with Gasteiger partial charge in [-0.2, -0.15) is 0 Å². The van der Waals surface area contributed by atoms with Gasteiger partial charge in [0.1, 0.15) is 12.4 Å². The van der Waals surface area contributed by atoms with E-state index in [0.29, 0.717) is 0 Å². The number of nitrogens with zero attached hydrogens (tertiary/aromatic N) is 1. The van der Waals surface area contributed by atoms with E-state index in [2.05, 4.69) is 5.32 Å². The highest BCUT2D eigenvalue weighted by atomic mass is 19.1. The monoisotopic (exact) mass is 184 g/mol. The molecule has 13 heavy (non-hydrogen) atoms. The lowest BCUT2D eigenvalue weighted by Gasteiger charge is -2.03. The van der Waals surface area contributed by atoms with Crippen LogP contribution in [-0.2, 0) is 11.3 Å². The van der Waals surface area contributed by atoms with Gasteiger partial charge in [0.2, 0.25) is 5.91 Å². The molecular formula is C8H9FN2O2. The van der Waals surface area contributed by atoms with E-state index < -0.39 is 11.4 Å². The first kappa shape index (κ1) is 9.44. The second-order valence-electron chi connectivity index (χ2n) is 2.49. The average molecular weight is 184 g/mol. The smallest absolute Gasteiger partial charge is 0.251 e. The number of hydrogen-bond donors (Lipinski definition) is 1. The lowest BCUT2D eigenvalue weighted by atomic mass is 10.4. The lowest BCUT2D eigenvalue weighted by molar-refractivity contribution is -0.121. The first-order chi connectivity index (χ1) is 6.13. The van der Waals surface area contributed by atoms with Gasteiger partial charge in [-0.15, -0.1) is 0 Å². The standard InChI is InChI=1S/C8H9FN2O2/c1-10-7(12)5-11-4-6(9)2-3-8(11)13/h2-4H,5H2,1H3,(H,10,12). The van der Waals surface area contributed by atoms with Gasteiger partial charge < -0.3 is 9.88 Å². The number of aromatic nitrogens is 1. The van der Waals surface area contributed by atoms with Gasteiger partial charge in [-0.25, -0.2) is 4.39 Å². The molecule has 0 spiro atoms. The SMILES string of the molecule is CNC(=O)Cn1cc(F)ccc1=O. The minimum Gasteiger partial charge on any atom is -0.358 e. The van der Waals surface area contributed by atoms with Crippen LogP contribution in [0.3, 0.4) is 0 Å². The van der Waals surface area contributed by atoms with Crippen molar-refractivity contribution in [3.05, 3.63) is 34.5 Å². The van der Waals surface area contributed by atoms with E-state index in [-0.39, 0.29) is 12.5 Å². The predicted octanol–water partition coefficient (Wildman–Crippen LogP) is -0.267. The number of carbonyl (C=O) groups is 1. The highest BCUT2D eigenvalue weighted by Crippen LogP contribution is 1.91. The van der Waals surface area contributed by atoms with Crippen LogP contribution in [-0.4, -0.2) is 17.5 Å². The van der Waals surface area contributed by atoms with Crippen LogP contribution in [0.1, 0.15) is 0 Å². The molecule has 1 rings (SSSR count). The third kappa shape index (κ3) is 2.40. The molecule has 0 aliphatic carbocycles. The van der Waals surface area contributed by atoms with Crippen LogP contribution >= 0.6 is 0 Å². The van der Waals surface area contributed by atoms with Gasteiger partial charge in [0.25, 0.3) is 5.56 Å². The summed E-state index contributed by atoms with van der Waals surface area (Å²) in [5.41, 5.74) is -0.398. The predicted molar refractivity (Wildman–Crippen MR) is 44.7 cm³/mol. The molecule has 1 aromatic rings. The second-order valence-corrected chi connectivity index (χ2v) is 2.49. The van der Waals surface area contributed by atoms with Crippen molar-refractivity contribution in [2.75, 3.05) is 7.05 Å². The molecule has 0 aliphatic heterocycles. The number of rotatable bonds is 2. The zero-order valence-electron chi connectivity index (χ0n) is 7.08. The minimum absolute atomic E-state index is 0.160. The van der Waals surface area contributed by atoms with Crippen molar-refractivity contribution in [3.8, 4) is 0 Å². The van der Waals surface area contributed by atoms with E-state index in [1.807, 2.05) is 0 Å². The highest BCUT2D eigenvalue weighted by Gasteiger charge is 2.02. The zero-order chi connectivity index (χ0) is 9.84. The van der Waals surface area contributed by atoms with E-state index in [4.69, 9.17) is 0 Å². The number of carbonyl (C=O) groups excluding carboxylic acids is 1. The van der Waals surface area contributed by atoms with Gasteiger partial charge in [-0.05, 0) is 6.07 Å². The largest absolute Gasteiger partial charge is 0.358 e. The summed E-state index contributed by atoms with van der Waals surface area (Å²) in [4.78, 5) is 21.9. The summed E-state index contributed by atoms with van der Waals surface area (Å²) < 4.78 is 13.6. The Bertz CT molecular complexity index is 373. The fraction of sp³-hybridized carbons (Fsp3) is 0.250. The Morgan fingerprint density at radius 1 is 1.62 bits per heavy atom. The van der Waals surface area contributed by atoms with E-state index in [0.717, 1.165) is 22.9 Å². The maximum atomic E-state index is 12.6. The van der Waals surface area contributed by atoms with Crippen LogP contribution in [0.5, 0.6) is 0 Å². The third-order valence-electron chi connectivity index (χ3n) is 1.54. The number of likely N-dealkylation sites (N-methyl/N-ethyl adjacent to an activating group) is 1. The molecule has 0 bridgehead atoms. The minimum atomic E-state index is -0.538. The number of halogens is 1. The van der Waals surface area contributed by atoms with Gasteiger partial charge in [0.05, 0.1) is 0 Å². The molecule has 5 heteroatoms. The highest BCUT2D eigenvalue weighted by molar-refractivity contribution is 5.75. The summed E-state index contributed by atoms with van der Waals surface area (Å²) in [6.07, 6.45) is 0.998. The van der Waals surface area contributed by atoms with Crippen molar-refractivity contribution in [2.24, 2.45) is 0 Å². The van der Waals surface area contributed by atoms with E-state index in [9.17, 15) is 14.0 Å². The molecule has 0 atom stereocenters. The summed E-state index contributed by atoms with van der Waals surface area (Å²) >= 11 is 0. The van der Waals surface area contributed by atoms with Gasteiger partial charge >= 0.3 is 0 Å². The van der Waals surface area contributed by atoms with Gasteiger partial charge in [0, 0.05) is 19.3 Å². The average Bonchev–Trinajstić information content (AvgIpc) is 2.11. The Balaban J connectivity index is 2.94. The molecule has 0 saturated heterocycles.